The Morgan fingerprint density at radius 2 is 2.19 bits per heavy atom. The Morgan fingerprint density at radius 3 is 2.88 bits per heavy atom. The second-order valence-corrected chi connectivity index (χ2v) is 4.92. The lowest BCUT2D eigenvalue weighted by atomic mass is 9.95. The smallest absolute Gasteiger partial charge is 0.142 e. The van der Waals surface area contributed by atoms with Gasteiger partial charge in [-0.1, -0.05) is 32.0 Å². The van der Waals surface area contributed by atoms with E-state index in [1.807, 2.05) is 0 Å². The second-order valence-electron chi connectivity index (χ2n) is 4.92. The summed E-state index contributed by atoms with van der Waals surface area (Å²) in [4.78, 5) is 13.4. The lowest BCUT2D eigenvalue weighted by Gasteiger charge is -2.37. The van der Waals surface area contributed by atoms with E-state index >= 15 is 0 Å². The summed E-state index contributed by atoms with van der Waals surface area (Å²) in [5.41, 5.74) is 2.63. The predicted molar refractivity (Wildman–Crippen MR) is 66.8 cm³/mol. The molecule has 1 aliphatic rings. The highest BCUT2D eigenvalue weighted by molar-refractivity contribution is 5.69. The number of carbonyl (C=O) groups excluding carboxylic acids is 1. The molecule has 2 heteroatoms. The molecule has 0 aliphatic carbocycles. The zero-order valence-corrected chi connectivity index (χ0v) is 10.0. The first-order chi connectivity index (χ1) is 7.72. The molecule has 0 fully saturated rings. The highest BCUT2D eigenvalue weighted by atomic mass is 16.1. The molecule has 0 amide bonds. The number of hydrogen-bond acceptors (Lipinski definition) is 2. The van der Waals surface area contributed by atoms with Crippen molar-refractivity contribution >= 4 is 12.0 Å². The first-order valence-corrected chi connectivity index (χ1v) is 6.02. The minimum absolute atomic E-state index is 0.0669. The summed E-state index contributed by atoms with van der Waals surface area (Å²) in [5, 5.41) is 0. The quantitative estimate of drug-likeness (QED) is 0.725. The van der Waals surface area contributed by atoms with E-state index in [0.717, 1.165) is 25.7 Å². The molecule has 1 atom stereocenters. The van der Waals surface area contributed by atoms with Gasteiger partial charge in [-0.3, -0.25) is 0 Å². The molecule has 2 rings (SSSR count). The molecule has 0 aromatic heterocycles. The summed E-state index contributed by atoms with van der Waals surface area (Å²) in [5.74, 6) is 0.577. The molecule has 0 unspecified atom stereocenters. The third-order valence-electron chi connectivity index (χ3n) is 3.13. The first-order valence-electron chi connectivity index (χ1n) is 6.02. The zero-order valence-electron chi connectivity index (χ0n) is 10.0. The molecule has 0 saturated carbocycles. The first kappa shape index (κ1) is 11.2. The van der Waals surface area contributed by atoms with Crippen molar-refractivity contribution in [1.29, 1.82) is 0 Å². The maximum atomic E-state index is 11.1. The van der Waals surface area contributed by atoms with Crippen LogP contribution in [0, 0.1) is 5.92 Å². The minimum Gasteiger partial charge on any atom is -0.361 e. The van der Waals surface area contributed by atoms with Gasteiger partial charge in [-0.15, -0.1) is 0 Å². The van der Waals surface area contributed by atoms with Gasteiger partial charge < -0.3 is 9.69 Å². The van der Waals surface area contributed by atoms with Crippen LogP contribution < -0.4 is 4.90 Å². The number of benzene rings is 1. The number of anilines is 1. The van der Waals surface area contributed by atoms with Gasteiger partial charge >= 0.3 is 0 Å². The largest absolute Gasteiger partial charge is 0.361 e. The maximum Gasteiger partial charge on any atom is 0.142 e. The number of carbonyl (C=O) groups is 1. The summed E-state index contributed by atoms with van der Waals surface area (Å²) in [6, 6.07) is 8.50. The van der Waals surface area contributed by atoms with Crippen LogP contribution >= 0.6 is 0 Å². The third kappa shape index (κ3) is 2.11. The molecule has 0 N–H and O–H groups in total. The fraction of sp³-hybridized carbons (Fsp3) is 0.500. The summed E-state index contributed by atoms with van der Waals surface area (Å²) in [6.07, 6.45) is 3.07. The molecule has 1 aliphatic heterocycles. The van der Waals surface area contributed by atoms with E-state index in [1.54, 1.807) is 0 Å². The van der Waals surface area contributed by atoms with E-state index in [0.29, 0.717) is 5.92 Å². The van der Waals surface area contributed by atoms with E-state index < -0.39 is 0 Å². The fourth-order valence-electron chi connectivity index (χ4n) is 2.41. The molecular formula is C14H19NO. The van der Waals surface area contributed by atoms with Crippen molar-refractivity contribution in [2.24, 2.45) is 5.92 Å². The molecule has 0 spiro atoms. The monoisotopic (exact) mass is 217 g/mol. The average molecular weight is 217 g/mol. The Hall–Kier alpha value is -1.31. The normalized spacial score (nSPS) is 19.7. The number of hydrogen-bond donors (Lipinski definition) is 0. The number of aryl methyl sites for hydroxylation is 1. The summed E-state index contributed by atoms with van der Waals surface area (Å²) >= 11 is 0. The van der Waals surface area contributed by atoms with Gasteiger partial charge in [-0.05, 0) is 30.4 Å². The van der Waals surface area contributed by atoms with Crippen molar-refractivity contribution in [1.82, 2.24) is 0 Å². The molecule has 86 valence electrons. The predicted octanol–water partition coefficient (Wildman–Crippen LogP) is 2.66. The molecule has 16 heavy (non-hydrogen) atoms. The van der Waals surface area contributed by atoms with E-state index in [-0.39, 0.29) is 6.04 Å². The van der Waals surface area contributed by atoms with Gasteiger partial charge in [0.2, 0.25) is 0 Å². The highest BCUT2D eigenvalue weighted by Gasteiger charge is 2.25. The van der Waals surface area contributed by atoms with Crippen LogP contribution in [0.25, 0.3) is 0 Å². The summed E-state index contributed by atoms with van der Waals surface area (Å²) in [6.45, 7) is 5.35. The molecule has 1 aromatic rings. The van der Waals surface area contributed by atoms with Crippen molar-refractivity contribution in [2.45, 2.75) is 32.7 Å². The van der Waals surface area contributed by atoms with Crippen molar-refractivity contribution in [3.8, 4) is 0 Å². The van der Waals surface area contributed by atoms with Crippen molar-refractivity contribution in [2.75, 3.05) is 11.4 Å². The van der Waals surface area contributed by atoms with Crippen molar-refractivity contribution < 1.29 is 4.79 Å². The molecule has 0 radical (unpaired) electrons. The van der Waals surface area contributed by atoms with Crippen LogP contribution in [0.1, 0.15) is 25.8 Å². The van der Waals surface area contributed by atoms with E-state index in [2.05, 4.69) is 43.0 Å². The molecular weight excluding hydrogens is 198 g/mol. The molecule has 0 saturated heterocycles. The lowest BCUT2D eigenvalue weighted by molar-refractivity contribution is -0.109. The molecule has 1 heterocycles. The number of fused-ring (bicyclic) bond motifs is 1. The molecule has 0 bridgehead atoms. The Bertz CT molecular complexity index is 373. The van der Waals surface area contributed by atoms with Crippen LogP contribution in [0.3, 0.4) is 0 Å². The Balaban J connectivity index is 2.32. The standard InChI is InChI=1S/C14H19NO/c1-11(2)9-15-13(10-16)8-7-12-5-3-4-6-14(12)15/h3-6,10-11,13H,7-9H2,1-2H3/t13-/m0/s1. The maximum absolute atomic E-state index is 11.1. The van der Waals surface area contributed by atoms with E-state index in [1.165, 1.54) is 11.3 Å². The number of rotatable bonds is 3. The van der Waals surface area contributed by atoms with Gasteiger partial charge in [0.05, 0.1) is 6.04 Å². The second kappa shape index (κ2) is 4.69. The van der Waals surface area contributed by atoms with Gasteiger partial charge in [0.1, 0.15) is 6.29 Å². The van der Waals surface area contributed by atoms with Gasteiger partial charge in [-0.2, -0.15) is 0 Å². The van der Waals surface area contributed by atoms with Gasteiger partial charge in [0.15, 0.2) is 0 Å². The van der Waals surface area contributed by atoms with Crippen LogP contribution in [-0.2, 0) is 11.2 Å². The van der Waals surface area contributed by atoms with Crippen LogP contribution in [0.5, 0.6) is 0 Å². The number of aldehydes is 1. The van der Waals surface area contributed by atoms with Crippen molar-refractivity contribution in [3.05, 3.63) is 29.8 Å². The Labute approximate surface area is 97.3 Å². The Morgan fingerprint density at radius 1 is 1.44 bits per heavy atom. The average Bonchev–Trinajstić information content (AvgIpc) is 2.29. The number of nitrogens with zero attached hydrogens (tertiary/aromatic N) is 1. The van der Waals surface area contributed by atoms with Crippen LogP contribution in [0.2, 0.25) is 0 Å². The van der Waals surface area contributed by atoms with Crippen LogP contribution in [-0.4, -0.2) is 18.9 Å². The van der Waals surface area contributed by atoms with Crippen molar-refractivity contribution in [3.63, 3.8) is 0 Å². The zero-order chi connectivity index (χ0) is 11.5. The van der Waals surface area contributed by atoms with E-state index in [9.17, 15) is 4.79 Å². The van der Waals surface area contributed by atoms with E-state index in [4.69, 9.17) is 0 Å². The highest BCUT2D eigenvalue weighted by Crippen LogP contribution is 2.30. The van der Waals surface area contributed by atoms with Gasteiger partial charge in [0, 0.05) is 12.2 Å². The Kier molecular flexibility index (Phi) is 3.28. The van der Waals surface area contributed by atoms with Crippen LogP contribution in [0.15, 0.2) is 24.3 Å². The number of para-hydroxylation sites is 1. The fourth-order valence-corrected chi connectivity index (χ4v) is 2.41. The third-order valence-corrected chi connectivity index (χ3v) is 3.13. The van der Waals surface area contributed by atoms with Gasteiger partial charge in [-0.25, -0.2) is 0 Å². The summed E-state index contributed by atoms with van der Waals surface area (Å²) < 4.78 is 0. The topological polar surface area (TPSA) is 20.3 Å². The van der Waals surface area contributed by atoms with Crippen LogP contribution in [0.4, 0.5) is 5.69 Å². The SMILES string of the molecule is CC(C)CN1c2ccccc2CC[C@H]1C=O. The lowest BCUT2D eigenvalue weighted by Crippen LogP contribution is -2.42. The molecule has 2 nitrogen and oxygen atoms in total. The van der Waals surface area contributed by atoms with Gasteiger partial charge in [0.25, 0.3) is 0 Å². The summed E-state index contributed by atoms with van der Waals surface area (Å²) in [7, 11) is 0. The minimum atomic E-state index is 0.0669. The molecule has 1 aromatic carbocycles.